The van der Waals surface area contributed by atoms with E-state index < -0.39 is 29.4 Å². The number of likely N-dealkylation sites (N-methyl/N-ethyl adjacent to an activating group) is 1. The SMILES string of the molecule is C[N+](C)(C)CC(CC(=O)[O-])OC(=O)CCCC[C@@H]1SC[C@H]([NH-])[C@@H]1[NH-].O=C(O)C1(C(=O)O)CCC1.[Pt+2]. The van der Waals surface area contributed by atoms with Crippen LogP contribution in [0.15, 0.2) is 0 Å². The Morgan fingerprint density at radius 2 is 1.69 bits per heavy atom. The van der Waals surface area contributed by atoms with Crippen LogP contribution in [0, 0.1) is 5.41 Å². The van der Waals surface area contributed by atoms with Gasteiger partial charge in [0.05, 0.1) is 21.1 Å². The van der Waals surface area contributed by atoms with Crippen molar-refractivity contribution in [1.29, 1.82) is 0 Å². The van der Waals surface area contributed by atoms with Crippen LogP contribution in [-0.4, -0.2) is 95.5 Å². The van der Waals surface area contributed by atoms with Crippen LogP contribution in [-0.2, 0) is 45.0 Å². The Hall–Kier alpha value is -1.20. The second kappa shape index (κ2) is 15.1. The fourth-order valence-electron chi connectivity index (χ4n) is 3.81. The average molecular weight is 699 g/mol. The molecule has 4 N–H and O–H groups in total. The second-order valence-electron chi connectivity index (χ2n) is 9.96. The van der Waals surface area contributed by atoms with Crippen LogP contribution in [0.25, 0.3) is 11.5 Å². The van der Waals surface area contributed by atoms with E-state index in [1.807, 2.05) is 21.1 Å². The van der Waals surface area contributed by atoms with E-state index in [2.05, 4.69) is 0 Å². The first kappa shape index (κ1) is 33.8. The van der Waals surface area contributed by atoms with Crippen molar-refractivity contribution in [3.8, 4) is 0 Å². The summed E-state index contributed by atoms with van der Waals surface area (Å²) in [5, 5.41) is 27.9. The Morgan fingerprint density at radius 3 is 2.03 bits per heavy atom. The molecule has 1 aliphatic heterocycles. The first-order chi connectivity index (χ1) is 15.7. The molecule has 11 nitrogen and oxygen atoms in total. The van der Waals surface area contributed by atoms with Crippen LogP contribution < -0.4 is 5.11 Å². The van der Waals surface area contributed by atoms with E-state index in [1.165, 1.54) is 0 Å². The van der Waals surface area contributed by atoms with E-state index in [0.717, 1.165) is 18.6 Å². The molecule has 2 fully saturated rings. The van der Waals surface area contributed by atoms with Gasteiger partial charge in [-0.25, -0.2) is 0 Å². The summed E-state index contributed by atoms with van der Waals surface area (Å²) in [4.78, 5) is 43.4. The number of esters is 1. The number of hydrogen-bond acceptors (Lipinski definition) is 7. The number of nitrogens with one attached hydrogen (secondary N) is 2. The van der Waals surface area contributed by atoms with Crippen LogP contribution in [0.2, 0.25) is 0 Å². The Morgan fingerprint density at radius 1 is 1.11 bits per heavy atom. The monoisotopic (exact) mass is 698 g/mol. The van der Waals surface area contributed by atoms with Gasteiger partial charge in [0.1, 0.15) is 6.54 Å². The number of rotatable bonds is 12. The van der Waals surface area contributed by atoms with E-state index in [0.29, 0.717) is 23.9 Å². The summed E-state index contributed by atoms with van der Waals surface area (Å²) in [5.74, 6) is -3.28. The maximum absolute atomic E-state index is 11.9. The van der Waals surface area contributed by atoms with Crippen LogP contribution in [0.1, 0.15) is 51.4 Å². The standard InChI is InChI=1S/C16H30N3O4S.C6H8O4.Pt/c1-19(2,3)9-11(8-14(20)21)23-15(22)7-5-4-6-13-16(18)12(17)10-24-13;7-4(8)6(5(9)10)2-1-3-6;/h11-13,16-18H,4-10H2,1-3H3,(H,20,21);1-3H2,(H,7,8)(H,9,10);/q-1;;+2/p-1/t11?,12-,13-,16-;;/m0../s1. The van der Waals surface area contributed by atoms with Crippen LogP contribution in [0.4, 0.5) is 0 Å². The molecule has 1 saturated carbocycles. The summed E-state index contributed by atoms with van der Waals surface area (Å²) >= 11 is 1.68. The van der Waals surface area contributed by atoms with Gasteiger partial charge in [-0.1, -0.05) is 6.42 Å². The summed E-state index contributed by atoms with van der Waals surface area (Å²) < 4.78 is 5.80. The average Bonchev–Trinajstić information content (AvgIpc) is 2.94. The summed E-state index contributed by atoms with van der Waals surface area (Å²) in [6.07, 6.45) is 2.87. The van der Waals surface area contributed by atoms with E-state index in [1.54, 1.807) is 11.8 Å². The van der Waals surface area contributed by atoms with Gasteiger partial charge in [0.25, 0.3) is 0 Å². The number of unbranched alkanes of at least 4 members (excludes halogenated alkanes) is 1. The molecule has 0 bridgehead atoms. The normalized spacial score (nSPS) is 23.5. The van der Waals surface area contributed by atoms with Gasteiger partial charge in [-0.2, -0.15) is 11.8 Å². The van der Waals surface area contributed by atoms with Crippen molar-refractivity contribution in [2.45, 2.75) is 74.8 Å². The van der Waals surface area contributed by atoms with Crippen LogP contribution >= 0.6 is 11.8 Å². The van der Waals surface area contributed by atoms with Crippen LogP contribution in [0.5, 0.6) is 0 Å². The number of aliphatic carboxylic acids is 3. The molecule has 0 amide bonds. The molecule has 1 unspecified atom stereocenters. The van der Waals surface area contributed by atoms with Crippen molar-refractivity contribution >= 4 is 35.6 Å². The molecule has 0 aromatic rings. The van der Waals surface area contributed by atoms with Gasteiger partial charge in [0, 0.05) is 18.8 Å². The molecule has 1 heterocycles. The Balaban J connectivity index is 0.000000878. The molecule has 2 rings (SSSR count). The molecule has 0 radical (unpaired) electrons. The minimum atomic E-state index is -1.44. The van der Waals surface area contributed by atoms with Gasteiger partial charge in [0.15, 0.2) is 11.5 Å². The largest absolute Gasteiger partial charge is 2.00 e. The summed E-state index contributed by atoms with van der Waals surface area (Å²) in [6.45, 7) is 0.420. The van der Waals surface area contributed by atoms with Gasteiger partial charge in [-0.3, -0.25) is 14.4 Å². The van der Waals surface area contributed by atoms with Gasteiger partial charge < -0.3 is 40.8 Å². The number of carboxylic acid groups (broad SMARTS) is 3. The third-order valence-corrected chi connectivity index (χ3v) is 7.42. The molecule has 35 heavy (non-hydrogen) atoms. The third-order valence-electron chi connectivity index (χ3n) is 5.91. The fraction of sp³-hybridized carbons (Fsp3) is 0.818. The van der Waals surface area contributed by atoms with Gasteiger partial charge in [-0.15, -0.1) is 12.1 Å². The number of thioether (sulfide) groups is 1. The Labute approximate surface area is 225 Å². The van der Waals surface area contributed by atoms with E-state index in [4.69, 9.17) is 26.4 Å². The minimum Gasteiger partial charge on any atom is -0.675 e. The summed E-state index contributed by atoms with van der Waals surface area (Å²) in [6, 6.07) is -0.634. The van der Waals surface area contributed by atoms with Crippen molar-refractivity contribution < 1.29 is 64.8 Å². The first-order valence-electron chi connectivity index (χ1n) is 11.4. The molecule has 1 aliphatic carbocycles. The summed E-state index contributed by atoms with van der Waals surface area (Å²) in [5.41, 5.74) is 14.1. The second-order valence-corrected chi connectivity index (χ2v) is 11.2. The quantitative estimate of drug-likeness (QED) is 0.132. The minimum absolute atomic E-state index is 0. The molecule has 1 saturated heterocycles. The third kappa shape index (κ3) is 11.6. The predicted octanol–water partition coefficient (Wildman–Crippen LogP) is 1.59. The van der Waals surface area contributed by atoms with E-state index in [9.17, 15) is 24.3 Å². The van der Waals surface area contributed by atoms with Crippen molar-refractivity contribution in [2.24, 2.45) is 5.41 Å². The number of carbonyl (C=O) groups excluding carboxylic acids is 2. The number of quaternary nitrogens is 1. The summed E-state index contributed by atoms with van der Waals surface area (Å²) in [7, 11) is 5.73. The topological polar surface area (TPSA) is 189 Å². The maximum atomic E-state index is 11.9. The van der Waals surface area contributed by atoms with Gasteiger partial charge in [-0.05, 0) is 43.1 Å². The molecule has 2 aliphatic rings. The molecular formula is C22H37N3O8PtS. The van der Waals surface area contributed by atoms with Crippen molar-refractivity contribution in [1.82, 2.24) is 0 Å². The maximum Gasteiger partial charge on any atom is 2.00 e. The Bertz CT molecular complexity index is 714. The number of ether oxygens (including phenoxy) is 1. The molecule has 0 spiro atoms. The molecule has 0 aromatic heterocycles. The zero-order valence-electron chi connectivity index (χ0n) is 20.4. The van der Waals surface area contributed by atoms with E-state index in [-0.39, 0.29) is 70.1 Å². The fourth-order valence-corrected chi connectivity index (χ4v) is 5.20. The van der Waals surface area contributed by atoms with Crippen molar-refractivity contribution in [2.75, 3.05) is 33.4 Å². The number of carboxylic acids is 3. The van der Waals surface area contributed by atoms with Crippen LogP contribution in [0.3, 0.4) is 0 Å². The number of nitrogens with zero attached hydrogens (tertiary/aromatic N) is 1. The predicted molar refractivity (Wildman–Crippen MR) is 125 cm³/mol. The van der Waals surface area contributed by atoms with Crippen molar-refractivity contribution in [3.05, 3.63) is 11.5 Å². The Kier molecular flexibility index (Phi) is 14.6. The molecule has 4 atom stereocenters. The molecule has 204 valence electrons. The smallest absolute Gasteiger partial charge is 0.675 e. The van der Waals surface area contributed by atoms with E-state index >= 15 is 0 Å². The number of carbonyl (C=O) groups is 4. The molecular weight excluding hydrogens is 661 g/mol. The first-order valence-corrected chi connectivity index (χ1v) is 12.4. The van der Waals surface area contributed by atoms with Crippen molar-refractivity contribution in [3.63, 3.8) is 0 Å². The number of hydrogen-bond donors (Lipinski definition) is 2. The van der Waals surface area contributed by atoms with Gasteiger partial charge >= 0.3 is 39.0 Å². The molecule has 13 heteroatoms. The zero-order valence-corrected chi connectivity index (χ0v) is 23.5. The van der Waals surface area contributed by atoms with Gasteiger partial charge in [0.2, 0.25) is 0 Å². The zero-order chi connectivity index (χ0) is 26.1. The molecule has 0 aromatic carbocycles.